The molecule has 0 amide bonds. The fraction of sp³-hybridized carbons (Fsp3) is 0.650. The molecule has 1 aromatic rings. The van der Waals surface area contributed by atoms with Gasteiger partial charge in [0.2, 0.25) is 0 Å². The number of nitrogens with zero attached hydrogens (tertiary/aromatic N) is 1. The molecule has 0 aliphatic heterocycles. The monoisotopic (exact) mass is 319 g/mol. The molecule has 0 heterocycles. The van der Waals surface area contributed by atoms with Gasteiger partial charge in [-0.25, -0.2) is 0 Å². The van der Waals surface area contributed by atoms with Crippen LogP contribution in [0.15, 0.2) is 17.1 Å². The zero-order chi connectivity index (χ0) is 18.1. The summed E-state index contributed by atoms with van der Waals surface area (Å²) in [5, 5.41) is 19.8. The molecule has 0 aliphatic rings. The number of rotatable bonds is 4. The fourth-order valence-electron chi connectivity index (χ4n) is 2.62. The summed E-state index contributed by atoms with van der Waals surface area (Å²) in [4.78, 5) is 4.58. The summed E-state index contributed by atoms with van der Waals surface area (Å²) in [5.74, 6) is 0.313. The van der Waals surface area contributed by atoms with Crippen molar-refractivity contribution in [2.45, 2.75) is 66.2 Å². The molecule has 3 heteroatoms. The minimum Gasteiger partial charge on any atom is -0.508 e. The Morgan fingerprint density at radius 3 is 1.96 bits per heavy atom. The first-order valence-electron chi connectivity index (χ1n) is 8.27. The number of phenolic OH excluding ortho intramolecular Hbond substituents is 1. The van der Waals surface area contributed by atoms with Gasteiger partial charge in [0.05, 0.1) is 0 Å². The summed E-state index contributed by atoms with van der Waals surface area (Å²) in [6, 6.07) is 3.78. The number of aromatic hydroxyl groups is 1. The standard InChI is InChI=1S/C20H33NO2/c1-18(2,3)15-9-10-16(23)17(19(4,5)6)14(15)11-21-12-20(7,8)13-22/h9-11,22-23H,12-13H2,1-8H3. The smallest absolute Gasteiger partial charge is 0.119 e. The first-order valence-corrected chi connectivity index (χ1v) is 8.27. The Hall–Kier alpha value is -1.35. The zero-order valence-corrected chi connectivity index (χ0v) is 16.0. The topological polar surface area (TPSA) is 52.8 Å². The molecule has 0 spiro atoms. The molecular formula is C20H33NO2. The van der Waals surface area contributed by atoms with Crippen LogP contribution in [0, 0.1) is 5.41 Å². The van der Waals surface area contributed by atoms with Crippen molar-refractivity contribution >= 4 is 6.21 Å². The lowest BCUT2D eigenvalue weighted by molar-refractivity contribution is 0.167. The van der Waals surface area contributed by atoms with Gasteiger partial charge in [-0.1, -0.05) is 61.5 Å². The summed E-state index contributed by atoms with van der Waals surface area (Å²) in [7, 11) is 0. The summed E-state index contributed by atoms with van der Waals surface area (Å²) in [6.07, 6.45) is 1.87. The molecule has 3 nitrogen and oxygen atoms in total. The Morgan fingerprint density at radius 2 is 1.52 bits per heavy atom. The average Bonchev–Trinajstić information content (AvgIpc) is 2.35. The second-order valence-corrected chi connectivity index (χ2v) is 9.21. The van der Waals surface area contributed by atoms with E-state index >= 15 is 0 Å². The van der Waals surface area contributed by atoms with Crippen molar-refractivity contribution in [1.29, 1.82) is 0 Å². The highest BCUT2D eigenvalue weighted by molar-refractivity contribution is 5.86. The van der Waals surface area contributed by atoms with Crippen LogP contribution < -0.4 is 0 Å². The number of hydrogen-bond donors (Lipinski definition) is 2. The number of phenols is 1. The van der Waals surface area contributed by atoms with Crippen LogP contribution in [0.3, 0.4) is 0 Å². The number of aliphatic imine (C=N–C) groups is 1. The molecule has 130 valence electrons. The van der Waals surface area contributed by atoms with E-state index < -0.39 is 0 Å². The number of hydrogen-bond acceptors (Lipinski definition) is 3. The molecule has 0 bridgehead atoms. The van der Waals surface area contributed by atoms with Gasteiger partial charge in [0.25, 0.3) is 0 Å². The minimum absolute atomic E-state index is 0.0401. The summed E-state index contributed by atoms with van der Waals surface area (Å²) < 4.78 is 0. The quantitative estimate of drug-likeness (QED) is 0.807. The van der Waals surface area contributed by atoms with E-state index in [1.54, 1.807) is 6.07 Å². The van der Waals surface area contributed by atoms with Gasteiger partial charge in [-0.2, -0.15) is 0 Å². The van der Waals surface area contributed by atoms with Crippen LogP contribution >= 0.6 is 0 Å². The largest absolute Gasteiger partial charge is 0.508 e. The molecule has 0 radical (unpaired) electrons. The Labute approximate surface area is 141 Å². The van der Waals surface area contributed by atoms with Gasteiger partial charge < -0.3 is 10.2 Å². The molecule has 2 N–H and O–H groups in total. The van der Waals surface area contributed by atoms with Crippen LogP contribution in [0.2, 0.25) is 0 Å². The van der Waals surface area contributed by atoms with Crippen LogP contribution in [0.1, 0.15) is 72.1 Å². The fourth-order valence-corrected chi connectivity index (χ4v) is 2.62. The first-order chi connectivity index (χ1) is 10.3. The minimum atomic E-state index is -0.239. The van der Waals surface area contributed by atoms with Crippen LogP contribution in [-0.4, -0.2) is 29.6 Å². The van der Waals surface area contributed by atoms with Crippen molar-refractivity contribution in [3.8, 4) is 5.75 Å². The van der Waals surface area contributed by atoms with Crippen molar-refractivity contribution in [3.63, 3.8) is 0 Å². The van der Waals surface area contributed by atoms with Crippen molar-refractivity contribution in [2.75, 3.05) is 13.2 Å². The van der Waals surface area contributed by atoms with Crippen molar-refractivity contribution in [2.24, 2.45) is 10.4 Å². The molecular weight excluding hydrogens is 286 g/mol. The van der Waals surface area contributed by atoms with Gasteiger partial charge in [-0.15, -0.1) is 0 Å². The van der Waals surface area contributed by atoms with E-state index in [1.807, 2.05) is 26.1 Å². The second kappa shape index (κ2) is 6.64. The summed E-state index contributed by atoms with van der Waals surface area (Å²) in [5.41, 5.74) is 2.64. The maximum atomic E-state index is 10.4. The van der Waals surface area contributed by atoms with E-state index in [1.165, 1.54) is 5.56 Å². The normalized spacial score (nSPS) is 13.8. The molecule has 1 aromatic carbocycles. The molecule has 1 rings (SSSR count). The highest BCUT2D eigenvalue weighted by Gasteiger charge is 2.27. The van der Waals surface area contributed by atoms with Gasteiger partial charge in [-0.3, -0.25) is 4.99 Å². The predicted octanol–water partition coefficient (Wildman–Crippen LogP) is 4.42. The second-order valence-electron chi connectivity index (χ2n) is 9.21. The summed E-state index contributed by atoms with van der Waals surface area (Å²) in [6.45, 7) is 17.4. The lowest BCUT2D eigenvalue weighted by Gasteiger charge is -2.29. The number of aliphatic hydroxyl groups is 1. The molecule has 23 heavy (non-hydrogen) atoms. The molecule has 0 aliphatic carbocycles. The van der Waals surface area contributed by atoms with Gasteiger partial charge in [0.1, 0.15) is 5.75 Å². The Morgan fingerprint density at radius 1 is 0.957 bits per heavy atom. The lowest BCUT2D eigenvalue weighted by atomic mass is 9.76. The van der Waals surface area contributed by atoms with Gasteiger partial charge in [-0.05, 0) is 22.5 Å². The van der Waals surface area contributed by atoms with Gasteiger partial charge in [0.15, 0.2) is 0 Å². The third-order valence-electron chi connectivity index (χ3n) is 3.95. The molecule has 0 unspecified atom stereocenters. The maximum absolute atomic E-state index is 10.4. The predicted molar refractivity (Wildman–Crippen MR) is 98.8 cm³/mol. The van der Waals surface area contributed by atoms with Crippen LogP contribution in [0.25, 0.3) is 0 Å². The highest BCUT2D eigenvalue weighted by Crippen LogP contribution is 2.38. The molecule has 0 saturated heterocycles. The van der Waals surface area contributed by atoms with Crippen molar-refractivity contribution < 1.29 is 10.2 Å². The molecule has 0 saturated carbocycles. The highest BCUT2D eigenvalue weighted by atomic mass is 16.3. The Bertz CT molecular complexity index is 573. The third-order valence-corrected chi connectivity index (χ3v) is 3.95. The molecule has 0 fully saturated rings. The van der Waals surface area contributed by atoms with Crippen molar-refractivity contribution in [1.82, 2.24) is 0 Å². The van der Waals surface area contributed by atoms with E-state index in [4.69, 9.17) is 0 Å². The molecule has 0 atom stereocenters. The number of benzene rings is 1. The molecule has 0 aromatic heterocycles. The zero-order valence-electron chi connectivity index (χ0n) is 16.0. The SMILES string of the molecule is CC(C)(CO)CN=Cc1c(C(C)(C)C)ccc(O)c1C(C)(C)C. The van der Waals surface area contributed by atoms with E-state index in [9.17, 15) is 10.2 Å². The maximum Gasteiger partial charge on any atom is 0.119 e. The van der Waals surface area contributed by atoms with E-state index in [0.717, 1.165) is 11.1 Å². The Kier molecular flexibility index (Phi) is 5.69. The average molecular weight is 319 g/mol. The van der Waals surface area contributed by atoms with Crippen molar-refractivity contribution in [3.05, 3.63) is 28.8 Å². The van der Waals surface area contributed by atoms with Gasteiger partial charge in [0, 0.05) is 35.9 Å². The van der Waals surface area contributed by atoms with E-state index in [0.29, 0.717) is 12.3 Å². The third kappa shape index (κ3) is 5.07. The summed E-state index contributed by atoms with van der Waals surface area (Å²) >= 11 is 0. The number of aliphatic hydroxyl groups excluding tert-OH is 1. The Balaban J connectivity index is 3.47. The lowest BCUT2D eigenvalue weighted by Crippen LogP contribution is -2.22. The van der Waals surface area contributed by atoms with E-state index in [-0.39, 0.29) is 22.9 Å². The van der Waals surface area contributed by atoms with E-state index in [2.05, 4.69) is 46.5 Å². The van der Waals surface area contributed by atoms with Crippen LogP contribution in [0.4, 0.5) is 0 Å². The first kappa shape index (κ1) is 19.7. The van der Waals surface area contributed by atoms with Gasteiger partial charge >= 0.3 is 0 Å². The van der Waals surface area contributed by atoms with Crippen LogP contribution in [-0.2, 0) is 10.8 Å². The van der Waals surface area contributed by atoms with Crippen LogP contribution in [0.5, 0.6) is 5.75 Å².